The Hall–Kier alpha value is -1.66. The molecule has 0 aromatic carbocycles. The van der Waals surface area contributed by atoms with Gasteiger partial charge in [0, 0.05) is 11.4 Å². The molecule has 0 unspecified atom stereocenters. The quantitative estimate of drug-likeness (QED) is 0.705. The van der Waals surface area contributed by atoms with E-state index in [9.17, 15) is 9.59 Å². The van der Waals surface area contributed by atoms with Gasteiger partial charge in [-0.05, 0) is 54.0 Å². The average molecular weight is 405 g/mol. The molecule has 0 saturated carbocycles. The number of carbonyl (C=O) groups excluding carboxylic acids is 2. The van der Waals surface area contributed by atoms with Gasteiger partial charge >= 0.3 is 0 Å². The molecule has 6 heteroatoms. The minimum atomic E-state index is -0.138. The van der Waals surface area contributed by atoms with Crippen LogP contribution >= 0.6 is 22.7 Å². The fraction of sp³-hybridized carbons (Fsp3) is 0.524. The molecule has 4 nitrogen and oxygen atoms in total. The van der Waals surface area contributed by atoms with Crippen LogP contribution in [0.1, 0.15) is 71.0 Å². The zero-order chi connectivity index (χ0) is 19.6. The lowest BCUT2D eigenvalue weighted by Crippen LogP contribution is -2.29. The number of hydrogen-bond acceptors (Lipinski definition) is 4. The predicted octanol–water partition coefficient (Wildman–Crippen LogP) is 5.35. The zero-order valence-corrected chi connectivity index (χ0v) is 18.1. The Bertz CT molecular complexity index is 816. The predicted molar refractivity (Wildman–Crippen MR) is 114 cm³/mol. The van der Waals surface area contributed by atoms with Crippen molar-refractivity contribution in [2.75, 3.05) is 11.9 Å². The zero-order valence-electron chi connectivity index (χ0n) is 16.5. The molecule has 2 heterocycles. The highest BCUT2D eigenvalue weighted by Crippen LogP contribution is 2.44. The van der Waals surface area contributed by atoms with Crippen molar-refractivity contribution in [2.45, 2.75) is 53.4 Å². The molecule has 1 atom stereocenters. The standard InChI is InChI=1S/C21H28N2O2S2/c1-5-10-22-19(25)17-14-9-8-13(21(2,3)4)12-16(14)27-20(17)23-18(24)15-7-6-11-26-15/h6-7,11,13H,5,8-10,12H2,1-4H3,(H,22,25)(H,23,24)/t13-/m0/s1. The van der Waals surface area contributed by atoms with E-state index in [2.05, 4.69) is 31.4 Å². The molecule has 0 fully saturated rings. The summed E-state index contributed by atoms with van der Waals surface area (Å²) in [5.41, 5.74) is 2.06. The Morgan fingerprint density at radius 2 is 2.04 bits per heavy atom. The maximum Gasteiger partial charge on any atom is 0.266 e. The summed E-state index contributed by atoms with van der Waals surface area (Å²) in [5.74, 6) is 0.390. The van der Waals surface area contributed by atoms with Crippen LogP contribution in [0.25, 0.3) is 0 Å². The van der Waals surface area contributed by atoms with E-state index >= 15 is 0 Å². The summed E-state index contributed by atoms with van der Waals surface area (Å²) in [7, 11) is 0. The lowest BCUT2D eigenvalue weighted by atomic mass is 9.72. The van der Waals surface area contributed by atoms with Crippen molar-refractivity contribution in [1.82, 2.24) is 5.32 Å². The van der Waals surface area contributed by atoms with E-state index < -0.39 is 0 Å². The Kier molecular flexibility index (Phi) is 6.06. The number of fused-ring (bicyclic) bond motifs is 1. The molecule has 0 radical (unpaired) electrons. The maximum atomic E-state index is 12.9. The number of carbonyl (C=O) groups is 2. The highest BCUT2D eigenvalue weighted by molar-refractivity contribution is 7.17. The third-order valence-electron chi connectivity index (χ3n) is 5.22. The Morgan fingerprint density at radius 1 is 1.26 bits per heavy atom. The summed E-state index contributed by atoms with van der Waals surface area (Å²) in [5, 5.41) is 8.59. The topological polar surface area (TPSA) is 58.2 Å². The van der Waals surface area contributed by atoms with Gasteiger partial charge in [0.1, 0.15) is 5.00 Å². The minimum absolute atomic E-state index is 0.0648. The molecule has 1 aliphatic carbocycles. The Balaban J connectivity index is 1.93. The first kappa shape index (κ1) is 20.1. The van der Waals surface area contributed by atoms with Crippen LogP contribution in [0, 0.1) is 11.3 Å². The molecular weight excluding hydrogens is 376 g/mol. The van der Waals surface area contributed by atoms with Gasteiger partial charge in [0.05, 0.1) is 10.4 Å². The van der Waals surface area contributed by atoms with Crippen molar-refractivity contribution in [1.29, 1.82) is 0 Å². The van der Waals surface area contributed by atoms with E-state index in [1.807, 2.05) is 18.4 Å². The van der Waals surface area contributed by atoms with Gasteiger partial charge in [-0.1, -0.05) is 33.8 Å². The first-order valence-corrected chi connectivity index (χ1v) is 11.3. The SMILES string of the molecule is CCCNC(=O)c1c(NC(=O)c2cccs2)sc2c1CC[C@H](C(C)(C)C)C2. The summed E-state index contributed by atoms with van der Waals surface area (Å²) in [6, 6.07) is 3.67. The number of amides is 2. The molecule has 146 valence electrons. The molecular formula is C21H28N2O2S2. The van der Waals surface area contributed by atoms with Crippen LogP contribution in [-0.4, -0.2) is 18.4 Å². The van der Waals surface area contributed by atoms with Crippen LogP contribution in [-0.2, 0) is 12.8 Å². The third-order valence-corrected chi connectivity index (χ3v) is 7.26. The molecule has 27 heavy (non-hydrogen) atoms. The number of hydrogen-bond donors (Lipinski definition) is 2. The fourth-order valence-electron chi connectivity index (χ4n) is 3.55. The highest BCUT2D eigenvalue weighted by Gasteiger charge is 2.34. The molecule has 0 bridgehead atoms. The highest BCUT2D eigenvalue weighted by atomic mass is 32.1. The van der Waals surface area contributed by atoms with Gasteiger partial charge in [-0.2, -0.15) is 0 Å². The number of anilines is 1. The average Bonchev–Trinajstić information content (AvgIpc) is 3.25. The first-order valence-electron chi connectivity index (χ1n) is 9.58. The second-order valence-electron chi connectivity index (χ2n) is 8.20. The van der Waals surface area contributed by atoms with Crippen LogP contribution in [0.4, 0.5) is 5.00 Å². The van der Waals surface area contributed by atoms with Gasteiger partial charge in [0.2, 0.25) is 0 Å². The molecule has 1 aliphatic rings. The third kappa shape index (κ3) is 4.43. The van der Waals surface area contributed by atoms with Crippen molar-refractivity contribution in [3.63, 3.8) is 0 Å². The summed E-state index contributed by atoms with van der Waals surface area (Å²) in [6.07, 6.45) is 3.85. The largest absolute Gasteiger partial charge is 0.352 e. The lowest BCUT2D eigenvalue weighted by Gasteiger charge is -2.33. The molecule has 2 aromatic rings. The van der Waals surface area contributed by atoms with E-state index in [-0.39, 0.29) is 17.2 Å². The summed E-state index contributed by atoms with van der Waals surface area (Å²) < 4.78 is 0. The molecule has 0 saturated heterocycles. The molecule has 2 amide bonds. The van der Waals surface area contributed by atoms with Crippen molar-refractivity contribution >= 4 is 39.5 Å². The van der Waals surface area contributed by atoms with Gasteiger partial charge in [-0.3, -0.25) is 9.59 Å². The Morgan fingerprint density at radius 3 is 2.67 bits per heavy atom. The Labute approximate surface area is 169 Å². The summed E-state index contributed by atoms with van der Waals surface area (Å²) in [6.45, 7) is 9.53. The van der Waals surface area contributed by atoms with E-state index in [1.165, 1.54) is 16.2 Å². The van der Waals surface area contributed by atoms with Gasteiger partial charge in [0.25, 0.3) is 11.8 Å². The molecule has 2 N–H and O–H groups in total. The lowest BCUT2D eigenvalue weighted by molar-refractivity contribution is 0.0953. The van der Waals surface area contributed by atoms with Gasteiger partial charge in [-0.15, -0.1) is 22.7 Å². The van der Waals surface area contributed by atoms with E-state index in [4.69, 9.17) is 0 Å². The molecule has 2 aromatic heterocycles. The molecule has 3 rings (SSSR count). The maximum absolute atomic E-state index is 12.9. The smallest absolute Gasteiger partial charge is 0.266 e. The van der Waals surface area contributed by atoms with E-state index in [0.29, 0.717) is 27.9 Å². The van der Waals surface area contributed by atoms with Crippen LogP contribution in [0.3, 0.4) is 0 Å². The van der Waals surface area contributed by atoms with Gasteiger partial charge in [0.15, 0.2) is 0 Å². The second-order valence-corrected chi connectivity index (χ2v) is 10.3. The minimum Gasteiger partial charge on any atom is -0.352 e. The normalized spacial score (nSPS) is 16.7. The van der Waals surface area contributed by atoms with Crippen LogP contribution in [0.15, 0.2) is 17.5 Å². The number of nitrogens with one attached hydrogen (secondary N) is 2. The summed E-state index contributed by atoms with van der Waals surface area (Å²) >= 11 is 2.99. The van der Waals surface area contributed by atoms with Crippen molar-refractivity contribution in [2.24, 2.45) is 11.3 Å². The van der Waals surface area contributed by atoms with E-state index in [1.54, 1.807) is 17.4 Å². The van der Waals surface area contributed by atoms with Crippen LogP contribution in [0.5, 0.6) is 0 Å². The van der Waals surface area contributed by atoms with Gasteiger partial charge in [-0.25, -0.2) is 0 Å². The number of rotatable bonds is 5. The van der Waals surface area contributed by atoms with Crippen LogP contribution in [0.2, 0.25) is 0 Å². The van der Waals surface area contributed by atoms with Crippen LogP contribution < -0.4 is 10.6 Å². The first-order chi connectivity index (χ1) is 12.8. The van der Waals surface area contributed by atoms with Crippen molar-refractivity contribution < 1.29 is 9.59 Å². The monoisotopic (exact) mass is 404 g/mol. The molecule has 0 spiro atoms. The molecule has 0 aliphatic heterocycles. The second kappa shape index (κ2) is 8.15. The van der Waals surface area contributed by atoms with Gasteiger partial charge < -0.3 is 10.6 Å². The fourth-order valence-corrected chi connectivity index (χ4v) is 5.49. The van der Waals surface area contributed by atoms with Crippen molar-refractivity contribution in [3.8, 4) is 0 Å². The van der Waals surface area contributed by atoms with E-state index in [0.717, 1.165) is 31.2 Å². The number of thiophene rings is 2. The summed E-state index contributed by atoms with van der Waals surface area (Å²) in [4.78, 5) is 27.3. The van der Waals surface area contributed by atoms with Crippen molar-refractivity contribution in [3.05, 3.63) is 38.4 Å².